The monoisotopic (exact) mass is 370 g/mol. The van der Waals surface area contributed by atoms with Gasteiger partial charge < -0.3 is 19.5 Å². The van der Waals surface area contributed by atoms with Gasteiger partial charge >= 0.3 is 6.61 Å². The zero-order valence-electron chi connectivity index (χ0n) is 14.7. The standard InChI is InChI=1S/C18H24F2N2O4/c1-12(22-8-6-13(7-9-22)17-24-10-11-25-17)16(23)21-14-2-4-15(5-3-14)26-18(19)20/h2-5,12-13,17-18H,6-11H2,1H3,(H,21,23). The van der Waals surface area contributed by atoms with Crippen molar-refractivity contribution in [2.45, 2.75) is 38.7 Å². The van der Waals surface area contributed by atoms with Crippen LogP contribution < -0.4 is 10.1 Å². The molecular weight excluding hydrogens is 346 g/mol. The predicted octanol–water partition coefficient (Wildman–Crippen LogP) is 2.70. The number of likely N-dealkylation sites (tertiary alicyclic amines) is 1. The topological polar surface area (TPSA) is 60.0 Å². The summed E-state index contributed by atoms with van der Waals surface area (Å²) in [7, 11) is 0. The number of hydrogen-bond donors (Lipinski definition) is 1. The molecule has 144 valence electrons. The molecule has 2 aliphatic heterocycles. The summed E-state index contributed by atoms with van der Waals surface area (Å²) in [6.07, 6.45) is 1.76. The van der Waals surface area contributed by atoms with E-state index in [2.05, 4.69) is 15.0 Å². The minimum atomic E-state index is -2.86. The van der Waals surface area contributed by atoms with E-state index >= 15 is 0 Å². The summed E-state index contributed by atoms with van der Waals surface area (Å²) >= 11 is 0. The summed E-state index contributed by atoms with van der Waals surface area (Å²) in [6, 6.07) is 5.62. The largest absolute Gasteiger partial charge is 0.435 e. The predicted molar refractivity (Wildman–Crippen MR) is 91.2 cm³/mol. The average Bonchev–Trinajstić information content (AvgIpc) is 3.17. The van der Waals surface area contributed by atoms with Gasteiger partial charge in [0.1, 0.15) is 5.75 Å². The van der Waals surface area contributed by atoms with E-state index in [4.69, 9.17) is 9.47 Å². The summed E-state index contributed by atoms with van der Waals surface area (Å²) in [6.45, 7) is 1.94. The lowest BCUT2D eigenvalue weighted by Gasteiger charge is -2.36. The van der Waals surface area contributed by atoms with Gasteiger partial charge in [-0.1, -0.05) is 0 Å². The number of ether oxygens (including phenoxy) is 3. The van der Waals surface area contributed by atoms with E-state index in [0.29, 0.717) is 24.8 Å². The number of nitrogens with one attached hydrogen (secondary N) is 1. The second-order valence-electron chi connectivity index (χ2n) is 6.55. The molecule has 0 bridgehead atoms. The van der Waals surface area contributed by atoms with E-state index in [1.165, 1.54) is 12.1 Å². The Morgan fingerprint density at radius 1 is 1.19 bits per heavy atom. The first-order chi connectivity index (χ1) is 12.5. The van der Waals surface area contributed by atoms with Crippen molar-refractivity contribution in [1.82, 2.24) is 4.90 Å². The van der Waals surface area contributed by atoms with Crippen molar-refractivity contribution in [1.29, 1.82) is 0 Å². The highest BCUT2D eigenvalue weighted by molar-refractivity contribution is 5.94. The first-order valence-corrected chi connectivity index (χ1v) is 8.86. The number of alkyl halides is 2. The lowest BCUT2D eigenvalue weighted by Crippen LogP contribution is -2.47. The van der Waals surface area contributed by atoms with Crippen molar-refractivity contribution in [2.24, 2.45) is 5.92 Å². The van der Waals surface area contributed by atoms with Crippen molar-refractivity contribution < 1.29 is 27.8 Å². The number of halogens is 2. The minimum Gasteiger partial charge on any atom is -0.435 e. The Hall–Kier alpha value is -1.77. The lowest BCUT2D eigenvalue weighted by molar-refractivity contribution is -0.123. The van der Waals surface area contributed by atoms with Crippen LogP contribution in [0.4, 0.5) is 14.5 Å². The van der Waals surface area contributed by atoms with Crippen molar-refractivity contribution in [3.63, 3.8) is 0 Å². The number of piperidine rings is 1. The van der Waals surface area contributed by atoms with Gasteiger partial charge in [0.25, 0.3) is 0 Å². The molecule has 3 rings (SSSR count). The van der Waals surface area contributed by atoms with Crippen LogP contribution in [0.5, 0.6) is 5.75 Å². The zero-order chi connectivity index (χ0) is 18.5. The molecule has 1 aromatic carbocycles. The smallest absolute Gasteiger partial charge is 0.387 e. The fraction of sp³-hybridized carbons (Fsp3) is 0.611. The number of carbonyl (C=O) groups is 1. The molecule has 8 heteroatoms. The zero-order valence-corrected chi connectivity index (χ0v) is 14.7. The van der Waals surface area contributed by atoms with Crippen molar-refractivity contribution in [3.05, 3.63) is 24.3 Å². The molecule has 1 N–H and O–H groups in total. The Kier molecular flexibility index (Phi) is 6.39. The van der Waals surface area contributed by atoms with Gasteiger partial charge in [0.15, 0.2) is 6.29 Å². The molecule has 26 heavy (non-hydrogen) atoms. The molecule has 1 aromatic rings. The maximum Gasteiger partial charge on any atom is 0.387 e. The Morgan fingerprint density at radius 3 is 2.38 bits per heavy atom. The maximum absolute atomic E-state index is 12.5. The minimum absolute atomic E-state index is 0.0597. The Balaban J connectivity index is 1.47. The van der Waals surface area contributed by atoms with Gasteiger partial charge in [0.2, 0.25) is 5.91 Å². The van der Waals surface area contributed by atoms with Gasteiger partial charge in [0, 0.05) is 11.6 Å². The van der Waals surface area contributed by atoms with Crippen LogP contribution >= 0.6 is 0 Å². The van der Waals surface area contributed by atoms with Gasteiger partial charge in [-0.25, -0.2) is 0 Å². The summed E-state index contributed by atoms with van der Waals surface area (Å²) < 4.78 is 39.7. The fourth-order valence-electron chi connectivity index (χ4n) is 3.36. The molecule has 1 unspecified atom stereocenters. The van der Waals surface area contributed by atoms with E-state index in [9.17, 15) is 13.6 Å². The molecule has 1 amide bonds. The second-order valence-corrected chi connectivity index (χ2v) is 6.55. The molecule has 6 nitrogen and oxygen atoms in total. The normalized spacial score (nSPS) is 21.1. The Bertz CT molecular complexity index is 585. The van der Waals surface area contributed by atoms with Gasteiger partial charge in [-0.05, 0) is 57.1 Å². The highest BCUT2D eigenvalue weighted by Crippen LogP contribution is 2.27. The molecule has 1 atom stereocenters. The molecule has 2 saturated heterocycles. The van der Waals surface area contributed by atoms with Crippen LogP contribution in [0, 0.1) is 5.92 Å². The van der Waals surface area contributed by atoms with Gasteiger partial charge in [-0.3, -0.25) is 9.69 Å². The summed E-state index contributed by atoms with van der Waals surface area (Å²) in [5, 5.41) is 2.81. The van der Waals surface area contributed by atoms with E-state index < -0.39 is 6.61 Å². The number of hydrogen-bond acceptors (Lipinski definition) is 5. The van der Waals surface area contributed by atoms with Crippen LogP contribution in [0.2, 0.25) is 0 Å². The first-order valence-electron chi connectivity index (χ1n) is 8.86. The molecule has 0 radical (unpaired) electrons. The summed E-state index contributed by atoms with van der Waals surface area (Å²) in [4.78, 5) is 14.6. The highest BCUT2D eigenvalue weighted by atomic mass is 19.3. The molecule has 0 aliphatic carbocycles. The van der Waals surface area contributed by atoms with E-state index in [1.54, 1.807) is 12.1 Å². The van der Waals surface area contributed by atoms with Crippen LogP contribution in [0.15, 0.2) is 24.3 Å². The number of benzene rings is 1. The number of rotatable bonds is 6. The average molecular weight is 370 g/mol. The summed E-state index contributed by atoms with van der Waals surface area (Å²) in [5.41, 5.74) is 0.547. The molecule has 2 heterocycles. The van der Waals surface area contributed by atoms with E-state index in [-0.39, 0.29) is 24.0 Å². The van der Waals surface area contributed by atoms with Crippen LogP contribution in [0.1, 0.15) is 19.8 Å². The molecule has 0 aromatic heterocycles. The number of amides is 1. The third-order valence-corrected chi connectivity index (χ3v) is 4.88. The van der Waals surface area contributed by atoms with Gasteiger partial charge in [0.05, 0.1) is 19.3 Å². The third-order valence-electron chi connectivity index (χ3n) is 4.88. The van der Waals surface area contributed by atoms with Crippen molar-refractivity contribution in [3.8, 4) is 5.75 Å². The van der Waals surface area contributed by atoms with Gasteiger partial charge in [-0.15, -0.1) is 0 Å². The quantitative estimate of drug-likeness (QED) is 0.834. The maximum atomic E-state index is 12.5. The third kappa shape index (κ3) is 4.90. The van der Waals surface area contributed by atoms with E-state index in [1.807, 2.05) is 6.92 Å². The molecule has 2 fully saturated rings. The van der Waals surface area contributed by atoms with Crippen LogP contribution in [-0.4, -0.2) is 56.1 Å². The van der Waals surface area contributed by atoms with Crippen LogP contribution in [0.25, 0.3) is 0 Å². The SMILES string of the molecule is CC(C(=O)Nc1ccc(OC(F)F)cc1)N1CCC(C2OCCO2)CC1. The first kappa shape index (κ1) is 19.0. The molecular formula is C18H24F2N2O4. The number of carbonyl (C=O) groups excluding carboxylic acids is 1. The van der Waals surface area contributed by atoms with Crippen molar-refractivity contribution in [2.75, 3.05) is 31.6 Å². The fourth-order valence-corrected chi connectivity index (χ4v) is 3.36. The molecule has 2 aliphatic rings. The Morgan fingerprint density at radius 2 is 1.81 bits per heavy atom. The number of nitrogens with zero attached hydrogens (tertiary/aromatic N) is 1. The lowest BCUT2D eigenvalue weighted by atomic mass is 9.95. The highest BCUT2D eigenvalue weighted by Gasteiger charge is 2.33. The van der Waals surface area contributed by atoms with Crippen LogP contribution in [0.3, 0.4) is 0 Å². The molecule has 0 spiro atoms. The Labute approximate surface area is 151 Å². The second kappa shape index (κ2) is 8.75. The molecule has 0 saturated carbocycles. The van der Waals surface area contributed by atoms with Crippen LogP contribution in [-0.2, 0) is 14.3 Å². The van der Waals surface area contributed by atoms with Crippen molar-refractivity contribution >= 4 is 11.6 Å². The van der Waals surface area contributed by atoms with E-state index in [0.717, 1.165) is 25.9 Å². The summed E-state index contributed by atoms with van der Waals surface area (Å²) in [5.74, 6) is 0.315. The number of anilines is 1. The van der Waals surface area contributed by atoms with Gasteiger partial charge in [-0.2, -0.15) is 8.78 Å².